The molecule has 25 heavy (non-hydrogen) atoms. The maximum atomic E-state index is 12.3. The van der Waals surface area contributed by atoms with Crippen LogP contribution in [-0.4, -0.2) is 34.6 Å². The molecule has 7 nitrogen and oxygen atoms in total. The quantitative estimate of drug-likeness (QED) is 0.737. The molecule has 134 valence electrons. The number of carbonyl (C=O) groups excluding carboxylic acids is 2. The molecule has 1 N–H and O–H groups in total. The number of amides is 1. The van der Waals surface area contributed by atoms with E-state index in [9.17, 15) is 9.59 Å². The maximum absolute atomic E-state index is 12.3. The molecular weight excluding hydrogens is 366 g/mol. The average Bonchev–Trinajstić information content (AvgIpc) is 2.96. The van der Waals surface area contributed by atoms with Crippen LogP contribution in [0.1, 0.15) is 36.8 Å². The lowest BCUT2D eigenvalue weighted by molar-refractivity contribution is -0.142. The van der Waals surface area contributed by atoms with Crippen molar-refractivity contribution in [3.63, 3.8) is 0 Å². The highest BCUT2D eigenvalue weighted by Crippen LogP contribution is 2.24. The van der Waals surface area contributed by atoms with E-state index in [4.69, 9.17) is 21.1 Å². The van der Waals surface area contributed by atoms with Gasteiger partial charge in [-0.1, -0.05) is 11.6 Å². The van der Waals surface area contributed by atoms with Gasteiger partial charge in [0.05, 0.1) is 30.4 Å². The first-order valence-electron chi connectivity index (χ1n) is 7.62. The van der Waals surface area contributed by atoms with Gasteiger partial charge < -0.3 is 9.47 Å². The van der Waals surface area contributed by atoms with E-state index >= 15 is 0 Å². The van der Waals surface area contributed by atoms with E-state index in [0.29, 0.717) is 17.4 Å². The zero-order chi connectivity index (χ0) is 18.4. The van der Waals surface area contributed by atoms with Gasteiger partial charge in [-0.2, -0.15) is 0 Å². The number of rotatable bonds is 7. The van der Waals surface area contributed by atoms with Gasteiger partial charge in [0.25, 0.3) is 5.91 Å². The molecule has 1 amide bonds. The second-order valence-corrected chi connectivity index (χ2v) is 6.52. The van der Waals surface area contributed by atoms with Crippen molar-refractivity contribution >= 4 is 39.9 Å². The van der Waals surface area contributed by atoms with Gasteiger partial charge in [-0.3, -0.25) is 14.9 Å². The Morgan fingerprint density at radius 1 is 1.40 bits per heavy atom. The highest BCUT2D eigenvalue weighted by Gasteiger charge is 2.14. The van der Waals surface area contributed by atoms with Crippen LogP contribution in [0, 0.1) is 0 Å². The first-order valence-corrected chi connectivity index (χ1v) is 8.88. The van der Waals surface area contributed by atoms with Crippen LogP contribution < -0.4 is 10.1 Å². The number of aromatic nitrogens is 2. The Morgan fingerprint density at radius 3 is 2.80 bits per heavy atom. The number of ether oxygens (including phenoxy) is 2. The van der Waals surface area contributed by atoms with E-state index in [1.807, 2.05) is 13.8 Å². The number of nitrogens with one attached hydrogen (secondary N) is 1. The van der Waals surface area contributed by atoms with Crippen molar-refractivity contribution in [2.24, 2.45) is 0 Å². The van der Waals surface area contributed by atoms with Gasteiger partial charge >= 0.3 is 5.97 Å². The number of pyridine rings is 1. The van der Waals surface area contributed by atoms with Crippen molar-refractivity contribution in [3.8, 4) is 5.88 Å². The number of halogens is 1. The van der Waals surface area contributed by atoms with E-state index in [1.54, 1.807) is 12.3 Å². The molecule has 0 fully saturated rings. The molecule has 9 heteroatoms. The average molecular weight is 384 g/mol. The predicted molar refractivity (Wildman–Crippen MR) is 95.4 cm³/mol. The molecule has 0 saturated heterocycles. The molecule has 0 saturated carbocycles. The third-order valence-electron chi connectivity index (χ3n) is 2.82. The normalized spacial score (nSPS) is 10.6. The number of carbonyl (C=O) groups is 2. The standard InChI is InChI=1S/C16H18ClN3O4S/c1-4-23-13(21)6-11-8-25-16(19-11)20-14(22)10-5-12(17)15(18-7-10)24-9(2)3/h5,7-9H,4,6H2,1-3H3,(H,19,20,22). The topological polar surface area (TPSA) is 90.4 Å². The van der Waals surface area contributed by atoms with Gasteiger partial charge in [-0.15, -0.1) is 11.3 Å². The highest BCUT2D eigenvalue weighted by molar-refractivity contribution is 7.14. The molecule has 0 aromatic carbocycles. The summed E-state index contributed by atoms with van der Waals surface area (Å²) < 4.78 is 10.3. The Labute approximate surface area is 154 Å². The van der Waals surface area contributed by atoms with Gasteiger partial charge in [0, 0.05) is 11.6 Å². The number of esters is 1. The lowest BCUT2D eigenvalue weighted by Gasteiger charge is -2.10. The molecule has 2 aromatic heterocycles. The van der Waals surface area contributed by atoms with Gasteiger partial charge in [-0.25, -0.2) is 9.97 Å². The largest absolute Gasteiger partial charge is 0.474 e. The van der Waals surface area contributed by atoms with Crippen LogP contribution >= 0.6 is 22.9 Å². The molecule has 2 heterocycles. The minimum atomic E-state index is -0.400. The van der Waals surface area contributed by atoms with E-state index < -0.39 is 5.91 Å². The van der Waals surface area contributed by atoms with Gasteiger partial charge in [0.1, 0.15) is 5.02 Å². The fourth-order valence-electron chi connectivity index (χ4n) is 1.83. The lowest BCUT2D eigenvalue weighted by atomic mass is 10.2. The minimum absolute atomic E-state index is 0.0643. The van der Waals surface area contributed by atoms with Crippen molar-refractivity contribution in [1.82, 2.24) is 9.97 Å². The fraction of sp³-hybridized carbons (Fsp3) is 0.375. The Balaban J connectivity index is 2.01. The summed E-state index contributed by atoms with van der Waals surface area (Å²) in [6, 6.07) is 1.48. The van der Waals surface area contributed by atoms with Crippen molar-refractivity contribution < 1.29 is 19.1 Å². The van der Waals surface area contributed by atoms with Crippen molar-refractivity contribution in [2.75, 3.05) is 11.9 Å². The number of hydrogen-bond donors (Lipinski definition) is 1. The number of anilines is 1. The Hall–Kier alpha value is -2.19. The fourth-order valence-corrected chi connectivity index (χ4v) is 2.75. The second kappa shape index (κ2) is 8.77. The summed E-state index contributed by atoms with van der Waals surface area (Å²) in [6.07, 6.45) is 1.37. The van der Waals surface area contributed by atoms with Gasteiger partial charge in [0.2, 0.25) is 5.88 Å². The Morgan fingerprint density at radius 2 is 2.16 bits per heavy atom. The summed E-state index contributed by atoms with van der Waals surface area (Å²) in [5.41, 5.74) is 0.818. The van der Waals surface area contributed by atoms with Gasteiger partial charge in [-0.05, 0) is 26.8 Å². The highest BCUT2D eigenvalue weighted by atomic mass is 35.5. The molecule has 2 aromatic rings. The molecule has 0 unspecified atom stereocenters. The van der Waals surface area contributed by atoms with Crippen molar-refractivity contribution in [2.45, 2.75) is 33.3 Å². The molecule has 0 aliphatic rings. The molecular formula is C16H18ClN3O4S. The summed E-state index contributed by atoms with van der Waals surface area (Å²) in [4.78, 5) is 31.9. The SMILES string of the molecule is CCOC(=O)Cc1csc(NC(=O)c2cnc(OC(C)C)c(Cl)c2)n1. The van der Waals surface area contributed by atoms with Crippen LogP contribution in [0.15, 0.2) is 17.6 Å². The monoisotopic (exact) mass is 383 g/mol. The second-order valence-electron chi connectivity index (χ2n) is 5.26. The van der Waals surface area contributed by atoms with Crippen molar-refractivity contribution in [1.29, 1.82) is 0 Å². The molecule has 0 aliphatic heterocycles. The first kappa shape index (κ1) is 19.1. The van der Waals surface area contributed by atoms with E-state index in [1.165, 1.54) is 23.6 Å². The van der Waals surface area contributed by atoms with Crippen LogP contribution in [0.25, 0.3) is 0 Å². The maximum Gasteiger partial charge on any atom is 0.311 e. The Bertz CT molecular complexity index is 764. The van der Waals surface area contributed by atoms with E-state index in [0.717, 1.165) is 0 Å². The van der Waals surface area contributed by atoms with E-state index in [2.05, 4.69) is 15.3 Å². The van der Waals surface area contributed by atoms with Crippen LogP contribution in [0.4, 0.5) is 5.13 Å². The summed E-state index contributed by atoms with van der Waals surface area (Å²) in [6.45, 7) is 5.77. The molecule has 0 radical (unpaired) electrons. The zero-order valence-corrected chi connectivity index (χ0v) is 15.6. The molecule has 2 rings (SSSR count). The third kappa shape index (κ3) is 5.68. The molecule has 0 atom stereocenters. The summed E-state index contributed by atoms with van der Waals surface area (Å²) in [7, 11) is 0. The first-order chi connectivity index (χ1) is 11.9. The summed E-state index contributed by atoms with van der Waals surface area (Å²) in [5, 5.41) is 4.97. The lowest BCUT2D eigenvalue weighted by Crippen LogP contribution is -2.13. The minimum Gasteiger partial charge on any atom is -0.474 e. The summed E-state index contributed by atoms with van der Waals surface area (Å²) >= 11 is 7.30. The number of nitrogens with zero attached hydrogens (tertiary/aromatic N) is 2. The van der Waals surface area contributed by atoms with Crippen molar-refractivity contribution in [3.05, 3.63) is 33.9 Å². The number of thiazole rings is 1. The predicted octanol–water partition coefficient (Wildman–Crippen LogP) is 3.34. The zero-order valence-electron chi connectivity index (χ0n) is 14.0. The smallest absolute Gasteiger partial charge is 0.311 e. The number of hydrogen-bond acceptors (Lipinski definition) is 7. The summed E-state index contributed by atoms with van der Waals surface area (Å²) in [5.74, 6) is -0.482. The van der Waals surface area contributed by atoms with E-state index in [-0.39, 0.29) is 35.0 Å². The molecule has 0 bridgehead atoms. The third-order valence-corrected chi connectivity index (χ3v) is 3.90. The molecule has 0 spiro atoms. The van der Waals surface area contributed by atoms with Crippen LogP contribution in [0.5, 0.6) is 5.88 Å². The van der Waals surface area contributed by atoms with Crippen LogP contribution in [0.2, 0.25) is 5.02 Å². The van der Waals surface area contributed by atoms with Crippen LogP contribution in [0.3, 0.4) is 0 Å². The van der Waals surface area contributed by atoms with Crippen LogP contribution in [-0.2, 0) is 16.0 Å². The van der Waals surface area contributed by atoms with Gasteiger partial charge in [0.15, 0.2) is 5.13 Å². The molecule has 0 aliphatic carbocycles. The Kier molecular flexibility index (Phi) is 6.72.